The van der Waals surface area contributed by atoms with E-state index in [1.165, 1.54) is 7.11 Å². The molecule has 0 aliphatic heterocycles. The minimum absolute atomic E-state index is 0.0504. The van der Waals surface area contributed by atoms with Crippen LogP contribution in [0.15, 0.2) is 17.2 Å². The fraction of sp³-hybridized carbons (Fsp3) is 0.615. The monoisotopic (exact) mass is 265 g/mol. The highest BCUT2D eigenvalue weighted by atomic mass is 16.5. The quantitative estimate of drug-likeness (QED) is 0.717. The van der Waals surface area contributed by atoms with Crippen molar-refractivity contribution in [2.24, 2.45) is 0 Å². The lowest BCUT2D eigenvalue weighted by Crippen LogP contribution is -2.31. The first-order chi connectivity index (χ1) is 9.13. The molecule has 1 saturated carbocycles. The average Bonchev–Trinajstić information content (AvgIpc) is 3.23. The number of ether oxygens (including phenoxy) is 1. The van der Waals surface area contributed by atoms with Gasteiger partial charge in [-0.15, -0.1) is 0 Å². The van der Waals surface area contributed by atoms with E-state index in [0.29, 0.717) is 31.2 Å². The van der Waals surface area contributed by atoms with Gasteiger partial charge in [-0.3, -0.25) is 9.59 Å². The largest absolute Gasteiger partial charge is 0.469 e. The molecule has 0 amide bonds. The summed E-state index contributed by atoms with van der Waals surface area (Å²) >= 11 is 0. The van der Waals surface area contributed by atoms with E-state index >= 15 is 0 Å². The van der Waals surface area contributed by atoms with Crippen LogP contribution in [-0.2, 0) is 9.53 Å². The Morgan fingerprint density at radius 2 is 2.32 bits per heavy atom. The van der Waals surface area contributed by atoms with E-state index in [1.807, 2.05) is 7.05 Å². The Hall–Kier alpha value is -1.85. The molecule has 1 fully saturated rings. The van der Waals surface area contributed by atoms with Gasteiger partial charge in [-0.25, -0.2) is 4.98 Å². The molecule has 2 rings (SSSR count). The van der Waals surface area contributed by atoms with Gasteiger partial charge in [0.25, 0.3) is 5.56 Å². The maximum absolute atomic E-state index is 12.2. The number of aromatic nitrogens is 2. The summed E-state index contributed by atoms with van der Waals surface area (Å²) in [4.78, 5) is 29.2. The Morgan fingerprint density at radius 3 is 2.95 bits per heavy atom. The minimum atomic E-state index is -0.232. The molecule has 0 spiro atoms. The number of methoxy groups -OCH3 is 1. The van der Waals surface area contributed by atoms with Crippen LogP contribution in [0, 0.1) is 0 Å². The van der Waals surface area contributed by atoms with Crippen LogP contribution in [0.5, 0.6) is 0 Å². The third kappa shape index (κ3) is 3.33. The van der Waals surface area contributed by atoms with Crippen molar-refractivity contribution < 1.29 is 9.53 Å². The topological polar surface area (TPSA) is 64.4 Å². The molecule has 19 heavy (non-hydrogen) atoms. The third-order valence-corrected chi connectivity index (χ3v) is 3.25. The molecule has 0 aromatic carbocycles. The van der Waals surface area contributed by atoms with Crippen molar-refractivity contribution in [3.63, 3.8) is 0 Å². The van der Waals surface area contributed by atoms with E-state index < -0.39 is 0 Å². The highest BCUT2D eigenvalue weighted by Crippen LogP contribution is 2.33. The molecule has 1 aliphatic carbocycles. The van der Waals surface area contributed by atoms with Gasteiger partial charge >= 0.3 is 5.97 Å². The molecule has 0 radical (unpaired) electrons. The van der Waals surface area contributed by atoms with Crippen LogP contribution in [0.3, 0.4) is 0 Å². The number of hydrogen-bond acceptors (Lipinski definition) is 5. The number of hydrogen-bond donors (Lipinski definition) is 0. The molecule has 1 aliphatic rings. The van der Waals surface area contributed by atoms with Crippen molar-refractivity contribution in [2.45, 2.75) is 31.7 Å². The van der Waals surface area contributed by atoms with Crippen LogP contribution in [-0.4, -0.2) is 36.2 Å². The summed E-state index contributed by atoms with van der Waals surface area (Å²) in [5.41, 5.74) is -0.0504. The Balaban J connectivity index is 1.99. The lowest BCUT2D eigenvalue weighted by atomic mass is 10.3. The second kappa shape index (κ2) is 5.86. The van der Waals surface area contributed by atoms with Gasteiger partial charge in [-0.2, -0.15) is 0 Å². The maximum Gasteiger partial charge on any atom is 0.305 e. The molecule has 1 heterocycles. The zero-order valence-electron chi connectivity index (χ0n) is 11.3. The number of rotatable bonds is 6. The lowest BCUT2D eigenvalue weighted by molar-refractivity contribution is -0.140. The van der Waals surface area contributed by atoms with E-state index in [4.69, 9.17) is 0 Å². The van der Waals surface area contributed by atoms with Gasteiger partial charge in [0, 0.05) is 38.4 Å². The molecule has 0 saturated heterocycles. The van der Waals surface area contributed by atoms with Crippen LogP contribution >= 0.6 is 0 Å². The molecule has 6 heteroatoms. The highest BCUT2D eigenvalue weighted by molar-refractivity contribution is 5.69. The Kier molecular flexibility index (Phi) is 4.19. The van der Waals surface area contributed by atoms with Crippen LogP contribution in [0.2, 0.25) is 0 Å². The van der Waals surface area contributed by atoms with E-state index in [9.17, 15) is 9.59 Å². The predicted molar refractivity (Wildman–Crippen MR) is 71.3 cm³/mol. The second-order valence-electron chi connectivity index (χ2n) is 4.80. The van der Waals surface area contributed by atoms with E-state index in [0.717, 1.165) is 12.8 Å². The van der Waals surface area contributed by atoms with E-state index in [1.54, 1.807) is 21.9 Å². The minimum Gasteiger partial charge on any atom is -0.469 e. The second-order valence-corrected chi connectivity index (χ2v) is 4.80. The highest BCUT2D eigenvalue weighted by Gasteiger charge is 2.25. The Bertz CT molecular complexity index is 508. The molecule has 0 unspecified atom stereocenters. The fourth-order valence-corrected chi connectivity index (χ4v) is 1.98. The number of esters is 1. The van der Waals surface area contributed by atoms with Gasteiger partial charge in [0.1, 0.15) is 0 Å². The molecule has 1 aromatic heterocycles. The fourth-order valence-electron chi connectivity index (χ4n) is 1.98. The first kappa shape index (κ1) is 13.6. The summed E-state index contributed by atoms with van der Waals surface area (Å²) in [7, 11) is 3.19. The van der Waals surface area contributed by atoms with Gasteiger partial charge in [0.05, 0.1) is 7.11 Å². The number of anilines is 1. The molecule has 0 atom stereocenters. The van der Waals surface area contributed by atoms with Gasteiger partial charge in [-0.1, -0.05) is 0 Å². The van der Waals surface area contributed by atoms with Crippen molar-refractivity contribution in [2.75, 3.05) is 25.6 Å². The predicted octanol–water partition coefficient (Wildman–Crippen LogP) is 0.968. The molecule has 1 aromatic rings. The Morgan fingerprint density at radius 1 is 1.58 bits per heavy atom. The van der Waals surface area contributed by atoms with Crippen LogP contribution in [0.25, 0.3) is 0 Å². The van der Waals surface area contributed by atoms with E-state index in [2.05, 4.69) is 9.72 Å². The molecule has 104 valence electrons. The SMILES string of the molecule is COC(=O)CCCN(C)c1nccn(C2CC2)c1=O. The summed E-state index contributed by atoms with van der Waals surface area (Å²) in [6.07, 6.45) is 6.52. The maximum atomic E-state index is 12.2. The standard InChI is InChI=1S/C13H19N3O3/c1-15(8-3-4-11(17)19-2)12-13(18)16(9-7-14-12)10-5-6-10/h7,9-10H,3-6,8H2,1-2H3. The number of carbonyl (C=O) groups excluding carboxylic acids is 1. The van der Waals surface area contributed by atoms with Gasteiger partial charge < -0.3 is 14.2 Å². The first-order valence-corrected chi connectivity index (χ1v) is 6.48. The smallest absolute Gasteiger partial charge is 0.305 e. The normalized spacial score (nSPS) is 14.2. The van der Waals surface area contributed by atoms with Crippen molar-refractivity contribution in [1.29, 1.82) is 0 Å². The molecule has 0 N–H and O–H groups in total. The average molecular weight is 265 g/mol. The summed E-state index contributed by atoms with van der Waals surface area (Å²) < 4.78 is 6.33. The van der Waals surface area contributed by atoms with Gasteiger partial charge in [0.2, 0.25) is 0 Å². The summed E-state index contributed by atoms with van der Waals surface area (Å²) in [5.74, 6) is 0.212. The molecular formula is C13H19N3O3. The summed E-state index contributed by atoms with van der Waals surface area (Å²) in [6.45, 7) is 0.603. The zero-order valence-corrected chi connectivity index (χ0v) is 11.3. The zero-order chi connectivity index (χ0) is 13.8. The van der Waals surface area contributed by atoms with Crippen LogP contribution in [0.1, 0.15) is 31.7 Å². The first-order valence-electron chi connectivity index (χ1n) is 6.48. The summed E-state index contributed by atoms with van der Waals surface area (Å²) in [6, 6.07) is 0.345. The van der Waals surface area contributed by atoms with E-state index in [-0.39, 0.29) is 11.5 Å². The lowest BCUT2D eigenvalue weighted by Gasteiger charge is -2.17. The Labute approximate surface area is 112 Å². The van der Waals surface area contributed by atoms with Crippen LogP contribution in [0.4, 0.5) is 5.82 Å². The van der Waals surface area contributed by atoms with Gasteiger partial charge in [0.15, 0.2) is 5.82 Å². The molecular weight excluding hydrogens is 246 g/mol. The molecule has 0 bridgehead atoms. The van der Waals surface area contributed by atoms with Crippen molar-refractivity contribution in [3.8, 4) is 0 Å². The summed E-state index contributed by atoms with van der Waals surface area (Å²) in [5, 5.41) is 0. The number of carbonyl (C=O) groups is 1. The molecule has 6 nitrogen and oxygen atoms in total. The van der Waals surface area contributed by atoms with Crippen LogP contribution < -0.4 is 10.5 Å². The third-order valence-electron chi connectivity index (χ3n) is 3.25. The number of nitrogens with zero attached hydrogens (tertiary/aromatic N) is 3. The van der Waals surface area contributed by atoms with Crippen molar-refractivity contribution in [1.82, 2.24) is 9.55 Å². The van der Waals surface area contributed by atoms with Gasteiger partial charge in [-0.05, 0) is 19.3 Å². The van der Waals surface area contributed by atoms with Crippen molar-refractivity contribution in [3.05, 3.63) is 22.7 Å². The van der Waals surface area contributed by atoms with Crippen molar-refractivity contribution >= 4 is 11.8 Å².